The molecule has 0 saturated carbocycles. The Morgan fingerprint density at radius 2 is 2.04 bits per heavy atom. The molecular formula is C19H17BrN2O4S. The number of nitrogens with zero attached hydrogens (tertiary/aromatic N) is 2. The molecule has 0 fully saturated rings. The Bertz CT molecular complexity index is 1230. The molecule has 1 aromatic heterocycles. The van der Waals surface area contributed by atoms with E-state index >= 15 is 0 Å². The van der Waals surface area contributed by atoms with Gasteiger partial charge in [-0.1, -0.05) is 28.1 Å². The quantitative estimate of drug-likeness (QED) is 0.606. The van der Waals surface area contributed by atoms with Crippen molar-refractivity contribution in [2.24, 2.45) is 0 Å². The highest BCUT2D eigenvalue weighted by atomic mass is 79.9. The number of halogens is 1. The van der Waals surface area contributed by atoms with Gasteiger partial charge in [-0.15, -0.1) is 0 Å². The molecule has 3 aromatic rings. The van der Waals surface area contributed by atoms with E-state index in [0.29, 0.717) is 29.4 Å². The molecule has 8 heteroatoms. The molecule has 1 aliphatic rings. The maximum atomic E-state index is 12.9. The van der Waals surface area contributed by atoms with Gasteiger partial charge in [-0.25, -0.2) is 4.98 Å². The van der Waals surface area contributed by atoms with E-state index in [-0.39, 0.29) is 16.4 Å². The summed E-state index contributed by atoms with van der Waals surface area (Å²) in [6.07, 6.45) is 1.37. The van der Waals surface area contributed by atoms with E-state index in [2.05, 4.69) is 20.9 Å². The third-order valence-electron chi connectivity index (χ3n) is 5.16. The molecule has 6 nitrogen and oxygen atoms in total. The van der Waals surface area contributed by atoms with Crippen LogP contribution in [-0.2, 0) is 23.1 Å². The van der Waals surface area contributed by atoms with Gasteiger partial charge in [0.05, 0.1) is 15.8 Å². The van der Waals surface area contributed by atoms with Gasteiger partial charge in [0, 0.05) is 23.4 Å². The average molecular weight is 449 g/mol. The summed E-state index contributed by atoms with van der Waals surface area (Å²) in [7, 11) is -4.28. The van der Waals surface area contributed by atoms with E-state index in [1.165, 1.54) is 6.07 Å². The predicted molar refractivity (Wildman–Crippen MR) is 106 cm³/mol. The highest BCUT2D eigenvalue weighted by Gasteiger charge is 2.26. The van der Waals surface area contributed by atoms with Crippen molar-refractivity contribution in [3.63, 3.8) is 0 Å². The summed E-state index contributed by atoms with van der Waals surface area (Å²) in [5, 5.41) is 0.561. The number of aromatic nitrogens is 2. The maximum Gasteiger partial charge on any atom is 0.294 e. The van der Waals surface area contributed by atoms with E-state index in [4.69, 9.17) is 0 Å². The Hall–Kier alpha value is -2.03. The van der Waals surface area contributed by atoms with Crippen LogP contribution < -0.4 is 5.56 Å². The molecule has 2 aromatic carbocycles. The molecule has 27 heavy (non-hydrogen) atoms. The normalized spacial score (nSPS) is 17.1. The van der Waals surface area contributed by atoms with Crippen LogP contribution in [0, 0.1) is 6.92 Å². The first-order valence-corrected chi connectivity index (χ1v) is 10.7. The first-order valence-electron chi connectivity index (χ1n) is 8.51. The summed E-state index contributed by atoms with van der Waals surface area (Å²) >= 11 is 3.41. The summed E-state index contributed by atoms with van der Waals surface area (Å²) in [6, 6.07) is 10.3. The summed E-state index contributed by atoms with van der Waals surface area (Å²) < 4.78 is 35.2. The van der Waals surface area contributed by atoms with Crippen molar-refractivity contribution in [1.29, 1.82) is 0 Å². The predicted octanol–water partition coefficient (Wildman–Crippen LogP) is 3.44. The Labute approximate surface area is 164 Å². The molecule has 1 atom stereocenters. The Kier molecular flexibility index (Phi) is 4.44. The summed E-state index contributed by atoms with van der Waals surface area (Å²) in [6.45, 7) is 2.12. The van der Waals surface area contributed by atoms with Gasteiger partial charge in [-0.05, 0) is 48.7 Å². The molecule has 1 aliphatic heterocycles. The first-order chi connectivity index (χ1) is 12.8. The van der Waals surface area contributed by atoms with Gasteiger partial charge in [-0.2, -0.15) is 8.42 Å². The van der Waals surface area contributed by atoms with Crippen LogP contribution in [0.2, 0.25) is 0 Å². The van der Waals surface area contributed by atoms with Gasteiger partial charge in [0.2, 0.25) is 0 Å². The number of aryl methyl sites for hydroxylation is 1. The Morgan fingerprint density at radius 1 is 1.26 bits per heavy atom. The minimum atomic E-state index is -4.28. The monoisotopic (exact) mass is 448 g/mol. The molecule has 2 heterocycles. The molecule has 4 rings (SSSR count). The molecule has 0 saturated heterocycles. The van der Waals surface area contributed by atoms with Crippen LogP contribution in [0.4, 0.5) is 0 Å². The number of rotatable bonds is 2. The van der Waals surface area contributed by atoms with Crippen molar-refractivity contribution in [2.75, 3.05) is 0 Å². The Morgan fingerprint density at radius 3 is 2.78 bits per heavy atom. The smallest absolute Gasteiger partial charge is 0.294 e. The summed E-state index contributed by atoms with van der Waals surface area (Å²) in [4.78, 5) is 17.5. The second-order valence-corrected chi connectivity index (χ2v) is 9.09. The van der Waals surface area contributed by atoms with Gasteiger partial charge < -0.3 is 0 Å². The van der Waals surface area contributed by atoms with Crippen molar-refractivity contribution in [2.45, 2.75) is 37.1 Å². The lowest BCUT2D eigenvalue weighted by Gasteiger charge is -2.27. The molecular weight excluding hydrogens is 432 g/mol. The van der Waals surface area contributed by atoms with Crippen LogP contribution in [0.1, 0.15) is 29.3 Å². The van der Waals surface area contributed by atoms with Crippen LogP contribution in [-0.4, -0.2) is 22.5 Å². The molecule has 0 aliphatic carbocycles. The van der Waals surface area contributed by atoms with E-state index in [1.807, 2.05) is 18.2 Å². The van der Waals surface area contributed by atoms with E-state index in [9.17, 15) is 17.8 Å². The standard InChI is InChI=1S/C19H17BrN2O4S/c1-11-14(3-2-4-17(11)27(24,25)26)12-5-8-18-21-16-9-13(20)6-7-15(16)19(23)22(18)10-12/h2-4,6-7,9,12H,5,8,10H2,1H3,(H,24,25,26). The minimum Gasteiger partial charge on any atom is -0.296 e. The van der Waals surface area contributed by atoms with Gasteiger partial charge in [0.1, 0.15) is 5.82 Å². The van der Waals surface area contributed by atoms with Gasteiger partial charge in [0.25, 0.3) is 15.7 Å². The summed E-state index contributed by atoms with van der Waals surface area (Å²) in [5.41, 5.74) is 1.94. The molecule has 0 bridgehead atoms. The van der Waals surface area contributed by atoms with Gasteiger partial charge >= 0.3 is 0 Å². The zero-order valence-electron chi connectivity index (χ0n) is 14.5. The highest BCUT2D eigenvalue weighted by molar-refractivity contribution is 9.10. The van der Waals surface area contributed by atoms with Crippen LogP contribution in [0.3, 0.4) is 0 Å². The van der Waals surface area contributed by atoms with Crippen LogP contribution in [0.5, 0.6) is 0 Å². The van der Waals surface area contributed by atoms with Crippen molar-refractivity contribution in [3.05, 3.63) is 68.2 Å². The zero-order chi connectivity index (χ0) is 19.3. The Balaban J connectivity index is 1.80. The average Bonchev–Trinajstić information content (AvgIpc) is 2.61. The molecule has 0 spiro atoms. The largest absolute Gasteiger partial charge is 0.296 e. The van der Waals surface area contributed by atoms with E-state index in [0.717, 1.165) is 22.3 Å². The maximum absolute atomic E-state index is 12.9. The molecule has 140 valence electrons. The van der Waals surface area contributed by atoms with Crippen LogP contribution in [0.15, 0.2) is 50.6 Å². The zero-order valence-corrected chi connectivity index (χ0v) is 16.9. The fourth-order valence-corrected chi connectivity index (χ4v) is 4.95. The lowest BCUT2D eigenvalue weighted by molar-refractivity contribution is 0.437. The molecule has 0 amide bonds. The van der Waals surface area contributed by atoms with Gasteiger partial charge in [0.15, 0.2) is 0 Å². The summed E-state index contributed by atoms with van der Waals surface area (Å²) in [5.74, 6) is 0.719. The SMILES string of the molecule is Cc1c(C2CCc3nc4cc(Br)ccc4c(=O)n3C2)cccc1S(=O)(=O)O. The minimum absolute atomic E-state index is 0.0217. The van der Waals surface area contributed by atoms with Crippen molar-refractivity contribution >= 4 is 37.0 Å². The third kappa shape index (κ3) is 3.22. The van der Waals surface area contributed by atoms with Crippen LogP contribution in [0.25, 0.3) is 10.9 Å². The lowest BCUT2D eigenvalue weighted by Crippen LogP contribution is -2.32. The lowest BCUT2D eigenvalue weighted by atomic mass is 9.88. The number of fused-ring (bicyclic) bond motifs is 2. The van der Waals surface area contributed by atoms with Crippen molar-refractivity contribution in [3.8, 4) is 0 Å². The second kappa shape index (κ2) is 6.54. The van der Waals surface area contributed by atoms with Gasteiger partial charge in [-0.3, -0.25) is 13.9 Å². The van der Waals surface area contributed by atoms with Crippen molar-refractivity contribution in [1.82, 2.24) is 9.55 Å². The molecule has 1 N–H and O–H groups in total. The number of hydrogen-bond acceptors (Lipinski definition) is 4. The molecule has 0 radical (unpaired) electrons. The highest BCUT2D eigenvalue weighted by Crippen LogP contribution is 2.32. The fraction of sp³-hybridized carbons (Fsp3) is 0.263. The fourth-order valence-electron chi connectivity index (χ4n) is 3.84. The van der Waals surface area contributed by atoms with E-state index in [1.54, 1.807) is 23.6 Å². The second-order valence-electron chi connectivity index (χ2n) is 6.79. The number of hydrogen-bond donors (Lipinski definition) is 1. The topological polar surface area (TPSA) is 89.3 Å². The van der Waals surface area contributed by atoms with Crippen molar-refractivity contribution < 1.29 is 13.0 Å². The first kappa shape index (κ1) is 18.3. The molecule has 1 unspecified atom stereocenters. The van der Waals surface area contributed by atoms with E-state index < -0.39 is 10.1 Å². The third-order valence-corrected chi connectivity index (χ3v) is 6.65. The van der Waals surface area contributed by atoms with Crippen LogP contribution >= 0.6 is 15.9 Å². The number of benzene rings is 2.